The van der Waals surface area contributed by atoms with Crippen molar-refractivity contribution in [2.24, 2.45) is 11.8 Å². The summed E-state index contributed by atoms with van der Waals surface area (Å²) in [6.45, 7) is 4.06. The number of rotatable bonds is 1. The molecule has 1 saturated heterocycles. The number of carbonyl (C=O) groups excluding carboxylic acids is 2. The van der Waals surface area contributed by atoms with Crippen molar-refractivity contribution in [2.75, 3.05) is 4.90 Å². The second-order valence-electron chi connectivity index (χ2n) is 5.79. The van der Waals surface area contributed by atoms with Gasteiger partial charge in [0, 0.05) is 5.02 Å². The summed E-state index contributed by atoms with van der Waals surface area (Å²) >= 11 is 12.0. The second kappa shape index (κ2) is 5.15. The molecule has 3 rings (SSSR count). The maximum Gasteiger partial charge on any atom is 0.238 e. The van der Waals surface area contributed by atoms with Crippen LogP contribution in [0.5, 0.6) is 0 Å². The zero-order chi connectivity index (χ0) is 15.3. The van der Waals surface area contributed by atoms with Crippen LogP contribution in [-0.2, 0) is 9.59 Å². The van der Waals surface area contributed by atoms with Crippen LogP contribution in [0.15, 0.2) is 29.3 Å². The Bertz CT molecular complexity index is 649. The Kier molecular flexibility index (Phi) is 3.58. The van der Waals surface area contributed by atoms with Gasteiger partial charge in [0.25, 0.3) is 0 Å². The van der Waals surface area contributed by atoms with E-state index in [1.165, 1.54) is 16.0 Å². The highest BCUT2D eigenvalue weighted by Gasteiger charge is 2.49. The van der Waals surface area contributed by atoms with Gasteiger partial charge in [-0.25, -0.2) is 4.90 Å². The molecule has 2 aliphatic rings. The van der Waals surface area contributed by atoms with Crippen LogP contribution in [0.1, 0.15) is 26.7 Å². The second-order valence-corrected chi connectivity index (χ2v) is 6.63. The van der Waals surface area contributed by atoms with E-state index in [1.807, 2.05) is 13.8 Å². The van der Waals surface area contributed by atoms with E-state index in [2.05, 4.69) is 0 Å². The van der Waals surface area contributed by atoms with Gasteiger partial charge in [0.15, 0.2) is 0 Å². The van der Waals surface area contributed by atoms with Crippen LogP contribution < -0.4 is 4.90 Å². The van der Waals surface area contributed by atoms with E-state index >= 15 is 0 Å². The number of halogens is 2. The van der Waals surface area contributed by atoms with E-state index in [-0.39, 0.29) is 23.7 Å². The van der Waals surface area contributed by atoms with Crippen molar-refractivity contribution in [1.82, 2.24) is 0 Å². The van der Waals surface area contributed by atoms with Crippen LogP contribution in [0.25, 0.3) is 0 Å². The zero-order valence-electron chi connectivity index (χ0n) is 11.8. The molecule has 1 aromatic rings. The molecule has 3 nitrogen and oxygen atoms in total. The summed E-state index contributed by atoms with van der Waals surface area (Å²) in [6.07, 6.45) is 1.31. The molecule has 1 heterocycles. The fourth-order valence-corrected chi connectivity index (χ4v) is 3.64. The first-order valence-electron chi connectivity index (χ1n) is 6.88. The van der Waals surface area contributed by atoms with Gasteiger partial charge in [-0.1, -0.05) is 34.3 Å². The smallest absolute Gasteiger partial charge is 0.238 e. The van der Waals surface area contributed by atoms with E-state index in [4.69, 9.17) is 23.2 Å². The fraction of sp³-hybridized carbons (Fsp3) is 0.375. The van der Waals surface area contributed by atoms with Gasteiger partial charge in [-0.3, -0.25) is 9.59 Å². The lowest BCUT2D eigenvalue weighted by Gasteiger charge is -2.23. The molecule has 0 unspecified atom stereocenters. The highest BCUT2D eigenvalue weighted by Crippen LogP contribution is 2.43. The van der Waals surface area contributed by atoms with Gasteiger partial charge in [0.2, 0.25) is 11.8 Å². The molecule has 1 aromatic carbocycles. The minimum absolute atomic E-state index is 0.152. The summed E-state index contributed by atoms with van der Waals surface area (Å²) in [6, 6.07) is 4.82. The summed E-state index contributed by atoms with van der Waals surface area (Å²) in [5.41, 5.74) is 2.85. The highest BCUT2D eigenvalue weighted by molar-refractivity contribution is 6.38. The summed E-state index contributed by atoms with van der Waals surface area (Å²) in [5.74, 6) is -0.817. The quantitative estimate of drug-likeness (QED) is 0.573. The third-order valence-electron chi connectivity index (χ3n) is 4.49. The molecule has 5 heteroatoms. The fourth-order valence-electron chi connectivity index (χ4n) is 3.15. The first-order chi connectivity index (χ1) is 9.90. The predicted octanol–water partition coefficient (Wildman–Crippen LogP) is 4.23. The average molecular weight is 324 g/mol. The number of carbonyl (C=O) groups is 2. The maximum atomic E-state index is 12.6. The van der Waals surface area contributed by atoms with Crippen molar-refractivity contribution < 1.29 is 9.59 Å². The summed E-state index contributed by atoms with van der Waals surface area (Å²) < 4.78 is 0. The number of fused-ring (bicyclic) bond motifs is 1. The van der Waals surface area contributed by atoms with Crippen LogP contribution >= 0.6 is 23.2 Å². The topological polar surface area (TPSA) is 37.4 Å². The van der Waals surface area contributed by atoms with Gasteiger partial charge in [0.05, 0.1) is 22.5 Å². The lowest BCUT2D eigenvalue weighted by molar-refractivity contribution is -0.122. The number of allylic oxidation sites excluding steroid dienone is 2. The van der Waals surface area contributed by atoms with Gasteiger partial charge >= 0.3 is 0 Å². The van der Waals surface area contributed by atoms with Gasteiger partial charge in [-0.15, -0.1) is 0 Å². The molecule has 2 amide bonds. The van der Waals surface area contributed by atoms with Crippen molar-refractivity contribution in [1.29, 1.82) is 0 Å². The number of benzene rings is 1. The Hall–Kier alpha value is -1.32. The highest BCUT2D eigenvalue weighted by atomic mass is 35.5. The molecule has 1 aliphatic heterocycles. The molecule has 1 aliphatic carbocycles. The van der Waals surface area contributed by atoms with Crippen molar-refractivity contribution in [3.63, 3.8) is 0 Å². The minimum Gasteiger partial charge on any atom is -0.274 e. The van der Waals surface area contributed by atoms with E-state index in [1.54, 1.807) is 18.2 Å². The van der Waals surface area contributed by atoms with Crippen LogP contribution in [0.2, 0.25) is 10.0 Å². The number of imide groups is 1. The molecule has 110 valence electrons. The summed E-state index contributed by atoms with van der Waals surface area (Å²) in [7, 11) is 0. The molecule has 0 saturated carbocycles. The van der Waals surface area contributed by atoms with E-state index in [9.17, 15) is 9.59 Å². The normalized spacial score (nSPS) is 25.6. The Balaban J connectivity index is 2.00. The summed E-state index contributed by atoms with van der Waals surface area (Å²) in [4.78, 5) is 26.5. The van der Waals surface area contributed by atoms with Crippen LogP contribution in [0, 0.1) is 11.8 Å². The van der Waals surface area contributed by atoms with Gasteiger partial charge < -0.3 is 0 Å². The van der Waals surface area contributed by atoms with Crippen molar-refractivity contribution in [2.45, 2.75) is 26.7 Å². The average Bonchev–Trinajstić information content (AvgIpc) is 2.64. The van der Waals surface area contributed by atoms with E-state index in [0.717, 1.165) is 0 Å². The van der Waals surface area contributed by atoms with Crippen LogP contribution in [-0.4, -0.2) is 11.8 Å². The standard InChI is InChI=1S/C16H15Cl2NO2/c1-8-5-11-12(6-9(8)2)16(21)19(15(11)20)14-4-3-10(17)7-13(14)18/h3-4,7,11-12H,5-6H2,1-2H3/t11-,12+. The molecule has 0 bridgehead atoms. The Labute approximate surface area is 133 Å². The monoisotopic (exact) mass is 323 g/mol. The number of hydrogen-bond acceptors (Lipinski definition) is 2. The predicted molar refractivity (Wildman–Crippen MR) is 83.5 cm³/mol. The molecule has 1 fully saturated rings. The molecule has 0 N–H and O–H groups in total. The molecule has 2 atom stereocenters. The first kappa shape index (κ1) is 14.6. The largest absolute Gasteiger partial charge is 0.274 e. The Morgan fingerprint density at radius 1 is 1.00 bits per heavy atom. The van der Waals surface area contributed by atoms with E-state index in [0.29, 0.717) is 28.6 Å². The van der Waals surface area contributed by atoms with E-state index < -0.39 is 0 Å². The lowest BCUT2D eigenvalue weighted by atomic mass is 9.78. The number of nitrogens with zero attached hydrogens (tertiary/aromatic N) is 1. The molecule has 21 heavy (non-hydrogen) atoms. The van der Waals surface area contributed by atoms with Crippen LogP contribution in [0.4, 0.5) is 5.69 Å². The zero-order valence-corrected chi connectivity index (χ0v) is 13.3. The third kappa shape index (κ3) is 2.29. The molecule has 0 radical (unpaired) electrons. The van der Waals surface area contributed by atoms with Gasteiger partial charge in [-0.2, -0.15) is 0 Å². The van der Waals surface area contributed by atoms with Crippen LogP contribution in [0.3, 0.4) is 0 Å². The molecular weight excluding hydrogens is 309 g/mol. The Morgan fingerprint density at radius 2 is 1.52 bits per heavy atom. The van der Waals surface area contributed by atoms with Gasteiger partial charge in [0.1, 0.15) is 0 Å². The number of amides is 2. The molecule has 0 aromatic heterocycles. The molecule has 0 spiro atoms. The van der Waals surface area contributed by atoms with Gasteiger partial charge in [-0.05, 0) is 44.9 Å². The third-order valence-corrected chi connectivity index (χ3v) is 5.03. The number of hydrogen-bond donors (Lipinski definition) is 0. The first-order valence-corrected chi connectivity index (χ1v) is 7.64. The van der Waals surface area contributed by atoms with Crippen molar-refractivity contribution >= 4 is 40.7 Å². The minimum atomic E-state index is -0.257. The molecular formula is C16H15Cl2NO2. The SMILES string of the molecule is CC1=C(C)C[C@H]2C(=O)N(c3ccc(Cl)cc3Cl)C(=O)[C@H]2C1. The summed E-state index contributed by atoms with van der Waals surface area (Å²) in [5, 5.41) is 0.804. The Morgan fingerprint density at radius 3 is 2.00 bits per heavy atom. The maximum absolute atomic E-state index is 12.6. The van der Waals surface area contributed by atoms with Crippen molar-refractivity contribution in [3.05, 3.63) is 39.4 Å². The lowest BCUT2D eigenvalue weighted by Crippen LogP contribution is -2.31. The van der Waals surface area contributed by atoms with Crippen molar-refractivity contribution in [3.8, 4) is 0 Å². The number of anilines is 1.